The van der Waals surface area contributed by atoms with E-state index in [1.54, 1.807) is 12.1 Å². The lowest BCUT2D eigenvalue weighted by atomic mass is 10.2. The van der Waals surface area contributed by atoms with Gasteiger partial charge in [-0.05, 0) is 35.9 Å². The van der Waals surface area contributed by atoms with Crippen LogP contribution in [0.4, 0.5) is 15.8 Å². The van der Waals surface area contributed by atoms with E-state index < -0.39 is 10.7 Å². The van der Waals surface area contributed by atoms with Crippen molar-refractivity contribution < 1.29 is 9.31 Å². The molecule has 0 aliphatic carbocycles. The predicted octanol–water partition coefficient (Wildman–Crippen LogP) is 4.76. The summed E-state index contributed by atoms with van der Waals surface area (Å²) < 4.78 is 13.7. The molecule has 1 N–H and O–H groups in total. The fourth-order valence-corrected chi connectivity index (χ4v) is 2.21. The third-order valence-corrected chi connectivity index (χ3v) is 3.50. The largest absolute Gasteiger partial charge is 0.375 e. The fraction of sp³-hybridized carbons (Fsp3) is 0.0769. The lowest BCUT2D eigenvalue weighted by molar-refractivity contribution is -0.384. The van der Waals surface area contributed by atoms with Gasteiger partial charge < -0.3 is 5.32 Å². The second kappa shape index (κ2) is 6.19. The van der Waals surface area contributed by atoms with Gasteiger partial charge in [-0.15, -0.1) is 0 Å². The number of nitro groups is 1. The lowest BCUT2D eigenvalue weighted by Crippen LogP contribution is -2.03. The lowest BCUT2D eigenvalue weighted by Gasteiger charge is -2.09. The van der Waals surface area contributed by atoms with E-state index in [0.29, 0.717) is 20.7 Å². The predicted molar refractivity (Wildman–Crippen MR) is 79.5 cm³/mol. The van der Waals surface area contributed by atoms with Gasteiger partial charge in [0.2, 0.25) is 0 Å². The molecule has 0 radical (unpaired) electrons. The van der Waals surface area contributed by atoms with Crippen LogP contribution in [-0.2, 0) is 6.54 Å². The van der Waals surface area contributed by atoms with Crippen LogP contribution in [0.5, 0.6) is 0 Å². The molecular formula is C13H9BrClFN2O2. The van der Waals surface area contributed by atoms with E-state index in [9.17, 15) is 14.5 Å². The normalized spacial score (nSPS) is 10.3. The molecule has 0 amide bonds. The minimum absolute atomic E-state index is 0.0631. The standard InChI is InChI=1S/C13H9BrClFN2O2/c14-9-1-4-12(13(6-9)18(19)20)17-7-8-5-10(16)2-3-11(8)15/h1-6,17H,7H2. The number of nitro benzene ring substituents is 1. The van der Waals surface area contributed by atoms with Gasteiger partial charge in [0.05, 0.1) is 4.92 Å². The second-order valence-electron chi connectivity index (χ2n) is 4.01. The molecule has 2 aromatic rings. The first kappa shape index (κ1) is 14.7. The number of hydrogen-bond donors (Lipinski definition) is 1. The van der Waals surface area contributed by atoms with E-state index in [0.717, 1.165) is 0 Å². The number of benzene rings is 2. The van der Waals surface area contributed by atoms with Crippen LogP contribution in [0, 0.1) is 15.9 Å². The molecule has 4 nitrogen and oxygen atoms in total. The minimum Gasteiger partial charge on any atom is -0.375 e. The monoisotopic (exact) mass is 358 g/mol. The van der Waals surface area contributed by atoms with Gasteiger partial charge in [-0.3, -0.25) is 10.1 Å². The maximum Gasteiger partial charge on any atom is 0.293 e. The summed E-state index contributed by atoms with van der Waals surface area (Å²) in [6.07, 6.45) is 0. The van der Waals surface area contributed by atoms with Crippen molar-refractivity contribution in [1.29, 1.82) is 0 Å². The molecular weight excluding hydrogens is 351 g/mol. The zero-order valence-electron chi connectivity index (χ0n) is 10.1. The maximum absolute atomic E-state index is 13.1. The summed E-state index contributed by atoms with van der Waals surface area (Å²) >= 11 is 9.12. The van der Waals surface area contributed by atoms with E-state index in [2.05, 4.69) is 21.2 Å². The highest BCUT2D eigenvalue weighted by molar-refractivity contribution is 9.10. The molecule has 0 fully saturated rings. The Morgan fingerprint density at radius 2 is 2.05 bits per heavy atom. The Bertz CT molecular complexity index is 667. The van der Waals surface area contributed by atoms with Crippen molar-refractivity contribution in [3.8, 4) is 0 Å². The summed E-state index contributed by atoms with van der Waals surface area (Å²) in [5, 5.41) is 14.3. The zero-order chi connectivity index (χ0) is 14.7. The highest BCUT2D eigenvalue weighted by Gasteiger charge is 2.14. The third-order valence-electron chi connectivity index (χ3n) is 2.63. The van der Waals surface area contributed by atoms with Crippen LogP contribution >= 0.6 is 27.5 Å². The zero-order valence-corrected chi connectivity index (χ0v) is 12.4. The molecule has 104 valence electrons. The number of nitrogens with one attached hydrogen (secondary N) is 1. The van der Waals surface area contributed by atoms with Crippen molar-refractivity contribution in [2.24, 2.45) is 0 Å². The van der Waals surface area contributed by atoms with Crippen molar-refractivity contribution >= 4 is 38.9 Å². The Morgan fingerprint density at radius 1 is 1.30 bits per heavy atom. The van der Waals surface area contributed by atoms with E-state index >= 15 is 0 Å². The van der Waals surface area contributed by atoms with Gasteiger partial charge in [-0.2, -0.15) is 0 Å². The molecule has 20 heavy (non-hydrogen) atoms. The van der Waals surface area contributed by atoms with Crippen LogP contribution in [0.3, 0.4) is 0 Å². The summed E-state index contributed by atoms with van der Waals surface area (Å²) in [5.41, 5.74) is 0.814. The quantitative estimate of drug-likeness (QED) is 0.632. The molecule has 0 saturated heterocycles. The molecule has 0 unspecified atom stereocenters. The van der Waals surface area contributed by atoms with Crippen molar-refractivity contribution in [1.82, 2.24) is 0 Å². The maximum atomic E-state index is 13.1. The molecule has 2 rings (SSSR count). The Balaban J connectivity index is 2.23. The van der Waals surface area contributed by atoms with Gasteiger partial charge in [0, 0.05) is 22.1 Å². The van der Waals surface area contributed by atoms with Crippen LogP contribution in [0.1, 0.15) is 5.56 Å². The van der Waals surface area contributed by atoms with Crippen molar-refractivity contribution in [3.63, 3.8) is 0 Å². The molecule has 0 aliphatic rings. The molecule has 2 aromatic carbocycles. The molecule has 0 heterocycles. The summed E-state index contributed by atoms with van der Waals surface area (Å²) in [5.74, 6) is -0.406. The minimum atomic E-state index is -0.486. The molecule has 7 heteroatoms. The number of rotatable bonds is 4. The SMILES string of the molecule is O=[N+]([O-])c1cc(Br)ccc1NCc1cc(F)ccc1Cl. The van der Waals surface area contributed by atoms with Crippen LogP contribution in [0.25, 0.3) is 0 Å². The van der Waals surface area contributed by atoms with E-state index in [1.807, 2.05) is 0 Å². The number of hydrogen-bond acceptors (Lipinski definition) is 3. The Hall–Kier alpha value is -1.66. The van der Waals surface area contributed by atoms with Crippen molar-refractivity contribution in [3.05, 3.63) is 67.4 Å². The molecule has 0 aliphatic heterocycles. The van der Waals surface area contributed by atoms with E-state index in [-0.39, 0.29) is 12.2 Å². The van der Waals surface area contributed by atoms with Crippen molar-refractivity contribution in [2.45, 2.75) is 6.54 Å². The highest BCUT2D eigenvalue weighted by atomic mass is 79.9. The van der Waals surface area contributed by atoms with Crippen LogP contribution in [-0.4, -0.2) is 4.92 Å². The summed E-state index contributed by atoms with van der Waals surface area (Å²) in [6, 6.07) is 8.66. The van der Waals surface area contributed by atoms with Crippen molar-refractivity contribution in [2.75, 3.05) is 5.32 Å². The molecule has 0 atom stereocenters. The van der Waals surface area contributed by atoms with Gasteiger partial charge in [0.25, 0.3) is 5.69 Å². The Labute approximate surface area is 127 Å². The summed E-state index contributed by atoms with van der Waals surface area (Å²) in [7, 11) is 0. The summed E-state index contributed by atoms with van der Waals surface area (Å²) in [6.45, 7) is 0.194. The van der Waals surface area contributed by atoms with Gasteiger partial charge in [0.15, 0.2) is 0 Å². The highest BCUT2D eigenvalue weighted by Crippen LogP contribution is 2.29. The van der Waals surface area contributed by atoms with Gasteiger partial charge in [0.1, 0.15) is 11.5 Å². The second-order valence-corrected chi connectivity index (χ2v) is 5.33. The molecule has 0 bridgehead atoms. The Kier molecular flexibility index (Phi) is 4.57. The first-order valence-corrected chi connectivity index (χ1v) is 6.76. The number of halogens is 3. The average molecular weight is 360 g/mol. The number of anilines is 1. The first-order chi connectivity index (χ1) is 9.47. The fourth-order valence-electron chi connectivity index (χ4n) is 1.67. The smallest absolute Gasteiger partial charge is 0.293 e. The topological polar surface area (TPSA) is 55.2 Å². The first-order valence-electron chi connectivity index (χ1n) is 5.59. The average Bonchev–Trinajstić information content (AvgIpc) is 2.40. The Morgan fingerprint density at radius 3 is 2.75 bits per heavy atom. The third kappa shape index (κ3) is 3.46. The molecule has 0 saturated carbocycles. The van der Waals surface area contributed by atoms with Crippen LogP contribution in [0.2, 0.25) is 5.02 Å². The summed E-state index contributed by atoms with van der Waals surface area (Å²) in [4.78, 5) is 10.5. The van der Waals surface area contributed by atoms with E-state index in [4.69, 9.17) is 11.6 Å². The van der Waals surface area contributed by atoms with Gasteiger partial charge >= 0.3 is 0 Å². The molecule has 0 spiro atoms. The van der Waals surface area contributed by atoms with Gasteiger partial charge in [-0.1, -0.05) is 27.5 Å². The van der Waals surface area contributed by atoms with Crippen LogP contribution < -0.4 is 5.32 Å². The molecule has 0 aromatic heterocycles. The van der Waals surface area contributed by atoms with E-state index in [1.165, 1.54) is 24.3 Å². The number of nitrogens with zero attached hydrogens (tertiary/aromatic N) is 1. The van der Waals surface area contributed by atoms with Crippen LogP contribution in [0.15, 0.2) is 40.9 Å². The van der Waals surface area contributed by atoms with Gasteiger partial charge in [-0.25, -0.2) is 4.39 Å².